The van der Waals surface area contributed by atoms with Gasteiger partial charge in [-0.1, -0.05) is 19.1 Å². The van der Waals surface area contributed by atoms with Crippen LogP contribution in [0.2, 0.25) is 0 Å². The first-order valence-corrected chi connectivity index (χ1v) is 6.99. The monoisotopic (exact) mass is 276 g/mol. The highest BCUT2D eigenvalue weighted by Gasteiger charge is 2.13. The molecule has 5 heteroatoms. The molecule has 1 N–H and O–H groups in total. The molecule has 0 amide bonds. The van der Waals surface area contributed by atoms with Crippen molar-refractivity contribution >= 4 is 0 Å². The molecule has 4 nitrogen and oxygen atoms in total. The maximum absolute atomic E-state index is 12.9. The molecule has 1 heterocycles. The molecule has 0 spiro atoms. The van der Waals surface area contributed by atoms with E-state index in [1.807, 2.05) is 19.2 Å². The molecule has 1 aromatic carbocycles. The van der Waals surface area contributed by atoms with Gasteiger partial charge in [0.05, 0.1) is 0 Å². The second-order valence-electron chi connectivity index (χ2n) is 4.99. The Balaban J connectivity index is 2.03. The van der Waals surface area contributed by atoms with Gasteiger partial charge in [0.15, 0.2) is 0 Å². The van der Waals surface area contributed by atoms with Gasteiger partial charge in [-0.3, -0.25) is 4.68 Å². The summed E-state index contributed by atoms with van der Waals surface area (Å²) in [5, 5.41) is 7.62. The summed E-state index contributed by atoms with van der Waals surface area (Å²) in [6, 6.07) is 6.98. The first-order chi connectivity index (χ1) is 9.69. The summed E-state index contributed by atoms with van der Waals surface area (Å²) in [6.45, 7) is 3.11. The molecule has 0 aliphatic carbocycles. The molecule has 2 rings (SSSR count). The fraction of sp³-hybridized carbons (Fsp3) is 0.467. The first-order valence-electron chi connectivity index (χ1n) is 6.99. The van der Waals surface area contributed by atoms with Crippen molar-refractivity contribution < 1.29 is 4.39 Å². The zero-order chi connectivity index (χ0) is 14.4. The molecule has 0 fully saturated rings. The minimum atomic E-state index is -0.194. The van der Waals surface area contributed by atoms with E-state index in [2.05, 4.69) is 22.3 Å². The normalized spacial score (nSPS) is 12.6. The Bertz CT molecular complexity index is 521. The highest BCUT2D eigenvalue weighted by atomic mass is 19.1. The number of nitrogens with zero attached hydrogens (tertiary/aromatic N) is 3. The predicted molar refractivity (Wildman–Crippen MR) is 76.9 cm³/mol. The highest BCUT2D eigenvalue weighted by molar-refractivity contribution is 5.17. The molecule has 2 aromatic rings. The van der Waals surface area contributed by atoms with Crippen molar-refractivity contribution in [2.24, 2.45) is 7.05 Å². The van der Waals surface area contributed by atoms with Crippen LogP contribution in [0.5, 0.6) is 0 Å². The van der Waals surface area contributed by atoms with Crippen molar-refractivity contribution in [1.82, 2.24) is 20.1 Å². The van der Waals surface area contributed by atoms with Crippen LogP contribution in [-0.2, 0) is 19.9 Å². The van der Waals surface area contributed by atoms with Crippen LogP contribution >= 0.6 is 0 Å². The molecular formula is C15H21FN4. The minimum Gasteiger partial charge on any atom is -0.313 e. The molecule has 0 saturated heterocycles. The maximum Gasteiger partial charge on any atom is 0.138 e. The van der Waals surface area contributed by atoms with Crippen LogP contribution in [0.25, 0.3) is 0 Å². The van der Waals surface area contributed by atoms with Gasteiger partial charge in [-0.25, -0.2) is 9.37 Å². The third kappa shape index (κ3) is 4.13. The molecule has 0 aliphatic rings. The van der Waals surface area contributed by atoms with Crippen LogP contribution in [0.1, 0.15) is 24.7 Å². The van der Waals surface area contributed by atoms with Crippen molar-refractivity contribution in [2.45, 2.75) is 32.2 Å². The van der Waals surface area contributed by atoms with Crippen LogP contribution in [0, 0.1) is 5.82 Å². The number of hydrogen-bond donors (Lipinski definition) is 1. The Labute approximate surface area is 119 Å². The van der Waals surface area contributed by atoms with Gasteiger partial charge in [-0.15, -0.1) is 0 Å². The largest absolute Gasteiger partial charge is 0.313 e. The number of hydrogen-bond acceptors (Lipinski definition) is 3. The SMILES string of the molecule is CCCNC(Cc1ccc(F)cc1)Cc1ncnn1C. The maximum atomic E-state index is 12.9. The molecule has 20 heavy (non-hydrogen) atoms. The number of rotatable bonds is 7. The van der Waals surface area contributed by atoms with Gasteiger partial charge in [0.25, 0.3) is 0 Å². The summed E-state index contributed by atoms with van der Waals surface area (Å²) in [5.74, 6) is 0.765. The molecule has 108 valence electrons. The average molecular weight is 276 g/mol. The molecule has 1 aromatic heterocycles. The molecule has 0 saturated carbocycles. The van der Waals surface area contributed by atoms with E-state index in [4.69, 9.17) is 0 Å². The van der Waals surface area contributed by atoms with Crippen molar-refractivity contribution in [3.05, 3.63) is 47.8 Å². The number of aromatic nitrogens is 3. The Morgan fingerprint density at radius 2 is 2.00 bits per heavy atom. The summed E-state index contributed by atoms with van der Waals surface area (Å²) < 4.78 is 14.7. The lowest BCUT2D eigenvalue weighted by Crippen LogP contribution is -2.34. The third-order valence-electron chi connectivity index (χ3n) is 3.31. The molecule has 0 aliphatic heterocycles. The van der Waals surface area contributed by atoms with E-state index < -0.39 is 0 Å². The van der Waals surface area contributed by atoms with E-state index in [0.29, 0.717) is 0 Å². The summed E-state index contributed by atoms with van der Waals surface area (Å²) in [5.41, 5.74) is 1.13. The first kappa shape index (κ1) is 14.7. The zero-order valence-electron chi connectivity index (χ0n) is 12.0. The molecule has 0 bridgehead atoms. The van der Waals surface area contributed by atoms with Crippen LogP contribution < -0.4 is 5.32 Å². The number of halogens is 1. The quantitative estimate of drug-likeness (QED) is 0.842. The van der Waals surface area contributed by atoms with Crippen molar-refractivity contribution in [3.8, 4) is 0 Å². The fourth-order valence-corrected chi connectivity index (χ4v) is 2.20. The Kier molecular flexibility index (Phi) is 5.24. The van der Waals surface area contributed by atoms with Crippen molar-refractivity contribution in [2.75, 3.05) is 6.54 Å². The Hall–Kier alpha value is -1.75. The number of benzene rings is 1. The van der Waals surface area contributed by atoms with Crippen LogP contribution in [0.3, 0.4) is 0 Å². The van der Waals surface area contributed by atoms with E-state index in [1.54, 1.807) is 11.0 Å². The fourth-order valence-electron chi connectivity index (χ4n) is 2.20. The van der Waals surface area contributed by atoms with Gasteiger partial charge in [0.2, 0.25) is 0 Å². The van der Waals surface area contributed by atoms with E-state index in [1.165, 1.54) is 12.1 Å². The minimum absolute atomic E-state index is 0.194. The van der Waals surface area contributed by atoms with Crippen LogP contribution in [0.15, 0.2) is 30.6 Å². The van der Waals surface area contributed by atoms with Gasteiger partial charge in [-0.05, 0) is 37.1 Å². The van der Waals surface area contributed by atoms with Crippen LogP contribution in [-0.4, -0.2) is 27.4 Å². The lowest BCUT2D eigenvalue weighted by atomic mass is 10.0. The van der Waals surface area contributed by atoms with E-state index in [-0.39, 0.29) is 11.9 Å². The van der Waals surface area contributed by atoms with E-state index >= 15 is 0 Å². The number of nitrogens with one attached hydrogen (secondary N) is 1. The Morgan fingerprint density at radius 3 is 2.60 bits per heavy atom. The second-order valence-corrected chi connectivity index (χ2v) is 4.99. The molecule has 1 unspecified atom stereocenters. The van der Waals surface area contributed by atoms with Gasteiger partial charge in [-0.2, -0.15) is 5.10 Å². The van der Waals surface area contributed by atoms with E-state index in [9.17, 15) is 4.39 Å². The topological polar surface area (TPSA) is 42.7 Å². The van der Waals surface area contributed by atoms with E-state index in [0.717, 1.165) is 37.2 Å². The average Bonchev–Trinajstić information content (AvgIpc) is 2.84. The summed E-state index contributed by atoms with van der Waals surface area (Å²) in [6.07, 6.45) is 4.32. The van der Waals surface area contributed by atoms with Crippen LogP contribution in [0.4, 0.5) is 4.39 Å². The standard InChI is InChI=1S/C15H21FN4/c1-3-8-17-14(10-15-18-11-19-20(15)2)9-12-4-6-13(16)7-5-12/h4-7,11,14,17H,3,8-10H2,1-2H3. The Morgan fingerprint density at radius 1 is 1.25 bits per heavy atom. The third-order valence-corrected chi connectivity index (χ3v) is 3.31. The lowest BCUT2D eigenvalue weighted by Gasteiger charge is -2.18. The smallest absolute Gasteiger partial charge is 0.138 e. The van der Waals surface area contributed by atoms with Gasteiger partial charge >= 0.3 is 0 Å². The summed E-state index contributed by atoms with van der Waals surface area (Å²) >= 11 is 0. The number of aryl methyl sites for hydroxylation is 1. The molecule has 0 radical (unpaired) electrons. The molecule has 1 atom stereocenters. The van der Waals surface area contributed by atoms with Crippen molar-refractivity contribution in [1.29, 1.82) is 0 Å². The van der Waals surface area contributed by atoms with Gasteiger partial charge in [0.1, 0.15) is 18.0 Å². The lowest BCUT2D eigenvalue weighted by molar-refractivity contribution is 0.485. The van der Waals surface area contributed by atoms with Crippen molar-refractivity contribution in [3.63, 3.8) is 0 Å². The summed E-state index contributed by atoms with van der Waals surface area (Å²) in [4.78, 5) is 4.27. The highest BCUT2D eigenvalue weighted by Crippen LogP contribution is 2.09. The molecular weight excluding hydrogens is 255 g/mol. The zero-order valence-corrected chi connectivity index (χ0v) is 12.0. The summed E-state index contributed by atoms with van der Waals surface area (Å²) in [7, 11) is 1.90. The second kappa shape index (κ2) is 7.14. The predicted octanol–water partition coefficient (Wildman–Crippen LogP) is 2.11. The van der Waals surface area contributed by atoms with Gasteiger partial charge < -0.3 is 5.32 Å². The van der Waals surface area contributed by atoms with Gasteiger partial charge in [0, 0.05) is 19.5 Å².